The molecular weight excluding hydrogens is 467 g/mol. The first-order valence-electron chi connectivity index (χ1n) is 11.3. The normalized spacial score (nSPS) is 27.3. The molecule has 0 saturated heterocycles. The van der Waals surface area contributed by atoms with E-state index in [0.29, 0.717) is 23.5 Å². The number of amidine groups is 1. The number of hydroxylamine groups is 1. The summed E-state index contributed by atoms with van der Waals surface area (Å²) >= 11 is 0. The summed E-state index contributed by atoms with van der Waals surface area (Å²) in [5, 5.41) is 19.8. The molecular formula is C23H24F3N5O4. The first kappa shape index (κ1) is 23.3. The number of nitrogens with zero attached hydrogens (tertiary/aromatic N) is 3. The molecule has 3 aliphatic carbocycles. The van der Waals surface area contributed by atoms with Crippen LogP contribution in [0.15, 0.2) is 23.2 Å². The maximum absolute atomic E-state index is 14.0. The summed E-state index contributed by atoms with van der Waals surface area (Å²) in [5.41, 5.74) is 2.28. The lowest BCUT2D eigenvalue weighted by Crippen LogP contribution is -2.51. The summed E-state index contributed by atoms with van der Waals surface area (Å²) in [5.74, 6) is -6.21. The summed E-state index contributed by atoms with van der Waals surface area (Å²) < 4.78 is 46.3. The van der Waals surface area contributed by atoms with Crippen LogP contribution in [0, 0.1) is 28.3 Å². The average Bonchev–Trinajstić information content (AvgIpc) is 3.41. The molecule has 4 aliphatic rings. The minimum Gasteiger partial charge on any atom is -0.503 e. The second kappa shape index (κ2) is 8.67. The van der Waals surface area contributed by atoms with Gasteiger partial charge in [0, 0.05) is 18.0 Å². The van der Waals surface area contributed by atoms with Gasteiger partial charge in [-0.3, -0.25) is 4.79 Å². The molecule has 3 saturated carbocycles. The van der Waals surface area contributed by atoms with Crippen LogP contribution in [-0.4, -0.2) is 46.9 Å². The molecule has 6 rings (SSSR count). The molecule has 0 radical (unpaired) electrons. The summed E-state index contributed by atoms with van der Waals surface area (Å²) in [4.78, 5) is 23.0. The third kappa shape index (κ3) is 4.05. The number of amides is 1. The zero-order chi connectivity index (χ0) is 24.8. The Morgan fingerprint density at radius 3 is 2.51 bits per heavy atom. The van der Waals surface area contributed by atoms with Crippen LogP contribution in [-0.2, 0) is 4.84 Å². The number of phenols is 1. The van der Waals surface area contributed by atoms with Gasteiger partial charge in [-0.2, -0.15) is 4.39 Å². The fraction of sp³-hybridized carbons (Fsp3) is 0.478. The van der Waals surface area contributed by atoms with Gasteiger partial charge in [-0.05, 0) is 56.1 Å². The van der Waals surface area contributed by atoms with Crippen molar-refractivity contribution in [2.45, 2.75) is 44.8 Å². The average molecular weight is 491 g/mol. The first-order chi connectivity index (χ1) is 16.8. The second-order valence-corrected chi connectivity index (χ2v) is 9.44. The predicted octanol–water partition coefficient (Wildman–Crippen LogP) is 2.99. The number of halogens is 3. The van der Waals surface area contributed by atoms with E-state index in [9.17, 15) is 23.1 Å². The van der Waals surface area contributed by atoms with E-state index in [1.807, 2.05) is 0 Å². The Kier molecular flexibility index (Phi) is 5.78. The Balaban J connectivity index is 1.22. The van der Waals surface area contributed by atoms with Crippen LogP contribution < -0.4 is 15.5 Å². The molecule has 35 heavy (non-hydrogen) atoms. The van der Waals surface area contributed by atoms with Gasteiger partial charge in [-0.1, -0.05) is 0 Å². The van der Waals surface area contributed by atoms with Crippen molar-refractivity contribution in [3.63, 3.8) is 0 Å². The lowest BCUT2D eigenvalue weighted by molar-refractivity contribution is -0.118. The number of aliphatic imine (C=N–C) groups is 1. The van der Waals surface area contributed by atoms with Crippen molar-refractivity contribution in [2.24, 2.45) is 15.8 Å². The smallest absolute Gasteiger partial charge is 0.254 e. The lowest BCUT2D eigenvalue weighted by Gasteiger charge is -2.54. The van der Waals surface area contributed by atoms with E-state index in [4.69, 9.17) is 14.6 Å². The highest BCUT2D eigenvalue weighted by Gasteiger charge is 2.54. The number of benzene rings is 1. The minimum absolute atomic E-state index is 0.157. The number of aromatic hydroxyl groups is 1. The molecule has 1 aliphatic heterocycles. The monoisotopic (exact) mass is 491 g/mol. The number of hydrogen-bond acceptors (Lipinski definition) is 8. The molecule has 0 spiro atoms. The summed E-state index contributed by atoms with van der Waals surface area (Å²) in [7, 11) is 1.51. The Hall–Kier alpha value is -3.41. The number of phenolic OH excluding ortho intramolecular Hbond substituents is 1. The molecule has 2 bridgehead atoms. The molecule has 1 amide bonds. The van der Waals surface area contributed by atoms with Gasteiger partial charge in [-0.15, -0.1) is 10.2 Å². The van der Waals surface area contributed by atoms with E-state index >= 15 is 0 Å². The minimum atomic E-state index is -1.78. The Bertz CT molecular complexity index is 1170. The van der Waals surface area contributed by atoms with Gasteiger partial charge in [0.2, 0.25) is 11.7 Å². The van der Waals surface area contributed by atoms with E-state index in [0.717, 1.165) is 38.5 Å². The van der Waals surface area contributed by atoms with Gasteiger partial charge >= 0.3 is 0 Å². The molecule has 9 nitrogen and oxygen atoms in total. The van der Waals surface area contributed by atoms with E-state index in [1.54, 1.807) is 12.1 Å². The Labute approximate surface area is 198 Å². The summed E-state index contributed by atoms with van der Waals surface area (Å²) in [6.07, 6.45) is 4.45. The molecule has 1 aromatic carbocycles. The number of methoxy groups -OCH3 is 1. The van der Waals surface area contributed by atoms with Gasteiger partial charge < -0.3 is 15.2 Å². The molecule has 3 fully saturated rings. The highest BCUT2D eigenvalue weighted by atomic mass is 19.2. The van der Waals surface area contributed by atoms with Crippen LogP contribution >= 0.6 is 0 Å². The molecule has 2 aromatic rings. The van der Waals surface area contributed by atoms with Crippen molar-refractivity contribution in [1.29, 1.82) is 0 Å². The zero-order valence-corrected chi connectivity index (χ0v) is 18.9. The molecule has 1 atom stereocenters. The number of carbonyl (C=O) groups excluding carboxylic acids is 1. The van der Waals surface area contributed by atoms with Crippen molar-refractivity contribution in [3.8, 4) is 11.6 Å². The lowest BCUT2D eigenvalue weighted by atomic mass is 9.53. The molecule has 1 unspecified atom stereocenters. The summed E-state index contributed by atoms with van der Waals surface area (Å²) in [6, 6.07) is 3.93. The number of nitrogens with one attached hydrogen (secondary N) is 2. The number of ether oxygens (including phenoxy) is 1. The van der Waals surface area contributed by atoms with Crippen molar-refractivity contribution in [1.82, 2.24) is 21.0 Å². The van der Waals surface area contributed by atoms with Crippen LogP contribution in [0.5, 0.6) is 11.6 Å². The fourth-order valence-electron chi connectivity index (χ4n) is 5.26. The molecule has 3 N–H and O–H groups in total. The number of carbonyl (C=O) groups is 1. The van der Waals surface area contributed by atoms with Gasteiger partial charge in [0.1, 0.15) is 5.69 Å². The van der Waals surface area contributed by atoms with Crippen LogP contribution in [0.3, 0.4) is 0 Å². The quantitative estimate of drug-likeness (QED) is 0.532. The van der Waals surface area contributed by atoms with Gasteiger partial charge in [0.25, 0.3) is 5.91 Å². The fourth-order valence-corrected chi connectivity index (χ4v) is 5.26. The number of aromatic nitrogens is 2. The van der Waals surface area contributed by atoms with E-state index in [2.05, 4.69) is 21.0 Å². The highest BCUT2D eigenvalue weighted by molar-refractivity contribution is 5.97. The third-order valence-electron chi connectivity index (χ3n) is 7.59. The highest BCUT2D eigenvalue weighted by Crippen LogP contribution is 2.59. The number of fused-ring (bicyclic) bond motifs is 3. The molecule has 12 heteroatoms. The topological polar surface area (TPSA) is 118 Å². The van der Waals surface area contributed by atoms with Crippen molar-refractivity contribution in [3.05, 3.63) is 46.9 Å². The maximum Gasteiger partial charge on any atom is 0.254 e. The number of hydrogen-bond donors (Lipinski definition) is 3. The Morgan fingerprint density at radius 1 is 1.17 bits per heavy atom. The summed E-state index contributed by atoms with van der Waals surface area (Å²) in [6.45, 7) is 0.255. The molecule has 186 valence electrons. The van der Waals surface area contributed by atoms with Crippen molar-refractivity contribution >= 4 is 11.7 Å². The van der Waals surface area contributed by atoms with Crippen LogP contribution in [0.25, 0.3) is 0 Å². The maximum atomic E-state index is 14.0. The standard InChI is InChI=1S/C23H24F3N5O4/c1-34-15-3-2-14(29-30-15)19-28-21(35-31-19)23-7-4-22(5-8-23,6-9-23)11-27-20(33)12-10-13(24)18(32)17(26)16(12)25/h2-3,10,21,32H,4-9,11H2,1H3,(H,27,33)(H,28,31). The van der Waals surface area contributed by atoms with E-state index in [1.165, 1.54) is 7.11 Å². The SMILES string of the molecule is COc1ccc(C2=NC(C34CCC(CNC(=O)c5cc(F)c(O)c(F)c5F)(CC3)CC4)ON2)nn1. The second-order valence-electron chi connectivity index (χ2n) is 9.44. The van der Waals surface area contributed by atoms with E-state index < -0.39 is 34.7 Å². The third-order valence-corrected chi connectivity index (χ3v) is 7.59. The number of rotatable bonds is 6. The van der Waals surface area contributed by atoms with Gasteiger partial charge in [-0.25, -0.2) is 24.1 Å². The van der Waals surface area contributed by atoms with Crippen LogP contribution in [0.4, 0.5) is 13.2 Å². The largest absolute Gasteiger partial charge is 0.503 e. The van der Waals surface area contributed by atoms with Gasteiger partial charge in [0.15, 0.2) is 29.4 Å². The zero-order valence-electron chi connectivity index (χ0n) is 18.9. The Morgan fingerprint density at radius 2 is 1.89 bits per heavy atom. The first-order valence-corrected chi connectivity index (χ1v) is 11.3. The molecule has 1 aromatic heterocycles. The molecule has 2 heterocycles. The van der Waals surface area contributed by atoms with E-state index in [-0.39, 0.29) is 23.6 Å². The van der Waals surface area contributed by atoms with Crippen LogP contribution in [0.1, 0.15) is 54.6 Å². The van der Waals surface area contributed by atoms with Crippen molar-refractivity contribution in [2.75, 3.05) is 13.7 Å². The predicted molar refractivity (Wildman–Crippen MR) is 116 cm³/mol. The van der Waals surface area contributed by atoms with Crippen LogP contribution in [0.2, 0.25) is 0 Å². The van der Waals surface area contributed by atoms with Crippen molar-refractivity contribution < 1.29 is 32.6 Å². The van der Waals surface area contributed by atoms with Gasteiger partial charge in [0.05, 0.1) is 12.7 Å².